The van der Waals surface area contributed by atoms with Crippen molar-refractivity contribution in [3.63, 3.8) is 0 Å². The van der Waals surface area contributed by atoms with E-state index in [1.165, 1.54) is 0 Å². The van der Waals surface area contributed by atoms with Crippen molar-refractivity contribution in [3.05, 3.63) is 18.2 Å². The molecule has 0 bridgehead atoms. The molecule has 1 fully saturated rings. The average molecular weight is 263 g/mol. The minimum Gasteiger partial charge on any atom is -0.481 e. The number of ether oxygens (including phenoxy) is 1. The Morgan fingerprint density at radius 1 is 1.42 bits per heavy atom. The van der Waals surface area contributed by atoms with Gasteiger partial charge in [0.25, 0.3) is 0 Å². The molecule has 0 atom stereocenters. The van der Waals surface area contributed by atoms with Crippen LogP contribution < -0.4 is 15.0 Å². The predicted molar refractivity (Wildman–Crippen MR) is 74.4 cm³/mol. The van der Waals surface area contributed by atoms with Crippen LogP contribution in [0.3, 0.4) is 0 Å². The van der Waals surface area contributed by atoms with E-state index in [0.717, 1.165) is 18.9 Å². The third kappa shape index (κ3) is 3.16. The van der Waals surface area contributed by atoms with Gasteiger partial charge in [0.1, 0.15) is 5.82 Å². The highest BCUT2D eigenvalue weighted by molar-refractivity contribution is 5.82. The first-order valence-electron chi connectivity index (χ1n) is 6.47. The van der Waals surface area contributed by atoms with Crippen LogP contribution in [0.4, 0.5) is 5.82 Å². The normalized spacial score (nSPS) is 15.9. The van der Waals surface area contributed by atoms with Crippen molar-refractivity contribution in [3.8, 4) is 5.88 Å². The van der Waals surface area contributed by atoms with Gasteiger partial charge in [-0.2, -0.15) is 4.98 Å². The number of amides is 1. The van der Waals surface area contributed by atoms with E-state index in [-0.39, 0.29) is 17.4 Å². The third-order valence-electron chi connectivity index (χ3n) is 3.14. The molecule has 19 heavy (non-hydrogen) atoms. The van der Waals surface area contributed by atoms with E-state index >= 15 is 0 Å². The lowest BCUT2D eigenvalue weighted by Crippen LogP contribution is -2.61. The molecule has 1 aliphatic rings. The van der Waals surface area contributed by atoms with E-state index in [4.69, 9.17) is 4.74 Å². The fourth-order valence-electron chi connectivity index (χ4n) is 1.85. The summed E-state index contributed by atoms with van der Waals surface area (Å²) >= 11 is 0. The quantitative estimate of drug-likeness (QED) is 0.896. The number of carbonyl (C=O) groups excluding carboxylic acids is 1. The summed E-state index contributed by atoms with van der Waals surface area (Å²) in [6, 6.07) is 5.90. The highest BCUT2D eigenvalue weighted by atomic mass is 16.5. The lowest BCUT2D eigenvalue weighted by Gasteiger charge is -2.41. The molecule has 0 unspecified atom stereocenters. The van der Waals surface area contributed by atoms with Gasteiger partial charge < -0.3 is 15.0 Å². The first kappa shape index (κ1) is 13.6. The summed E-state index contributed by atoms with van der Waals surface area (Å²) in [6.45, 7) is 7.34. The van der Waals surface area contributed by atoms with Gasteiger partial charge in [-0.15, -0.1) is 0 Å². The Balaban J connectivity index is 1.87. The van der Waals surface area contributed by atoms with Crippen LogP contribution in [0.15, 0.2) is 18.2 Å². The van der Waals surface area contributed by atoms with Crippen molar-refractivity contribution >= 4 is 11.7 Å². The van der Waals surface area contributed by atoms with Gasteiger partial charge in [0.15, 0.2) is 0 Å². The SMILES string of the molecule is COc1cccc(N2CC(NC(=O)C(C)(C)C)C2)n1. The van der Waals surface area contributed by atoms with Crippen molar-refractivity contribution < 1.29 is 9.53 Å². The zero-order valence-corrected chi connectivity index (χ0v) is 11.9. The minimum absolute atomic E-state index is 0.0933. The first-order chi connectivity index (χ1) is 8.90. The van der Waals surface area contributed by atoms with Gasteiger partial charge in [-0.05, 0) is 6.07 Å². The van der Waals surface area contributed by atoms with Crippen LogP contribution in [-0.2, 0) is 4.79 Å². The molecule has 104 valence electrons. The van der Waals surface area contributed by atoms with E-state index in [2.05, 4.69) is 15.2 Å². The standard InChI is InChI=1S/C14H21N3O2/c1-14(2,3)13(18)15-10-8-17(9-10)11-6-5-7-12(16-11)19-4/h5-7,10H,8-9H2,1-4H3,(H,15,18). The van der Waals surface area contributed by atoms with E-state index in [1.54, 1.807) is 7.11 Å². The Kier molecular flexibility index (Phi) is 3.64. The van der Waals surface area contributed by atoms with E-state index in [0.29, 0.717) is 5.88 Å². The molecule has 2 rings (SSSR count). The highest BCUT2D eigenvalue weighted by Crippen LogP contribution is 2.22. The van der Waals surface area contributed by atoms with Crippen LogP contribution in [0, 0.1) is 5.41 Å². The Morgan fingerprint density at radius 3 is 2.68 bits per heavy atom. The van der Waals surface area contributed by atoms with Crippen molar-refractivity contribution in [1.29, 1.82) is 0 Å². The van der Waals surface area contributed by atoms with Gasteiger partial charge in [0, 0.05) is 24.6 Å². The molecule has 0 saturated carbocycles. The highest BCUT2D eigenvalue weighted by Gasteiger charge is 2.32. The topological polar surface area (TPSA) is 54.5 Å². The number of methoxy groups -OCH3 is 1. The number of nitrogens with one attached hydrogen (secondary N) is 1. The summed E-state index contributed by atoms with van der Waals surface area (Å²) in [5.74, 6) is 1.59. The number of hydrogen-bond donors (Lipinski definition) is 1. The molecule has 0 spiro atoms. The van der Waals surface area contributed by atoms with Gasteiger partial charge in [0.05, 0.1) is 13.2 Å². The van der Waals surface area contributed by atoms with Gasteiger partial charge in [-0.25, -0.2) is 0 Å². The van der Waals surface area contributed by atoms with Gasteiger partial charge in [-0.1, -0.05) is 26.8 Å². The molecule has 0 aliphatic carbocycles. The molecule has 0 aromatic carbocycles. The summed E-state index contributed by atoms with van der Waals surface area (Å²) in [5, 5.41) is 3.05. The molecule has 5 heteroatoms. The van der Waals surface area contributed by atoms with Crippen LogP contribution in [-0.4, -0.2) is 37.1 Å². The van der Waals surface area contributed by atoms with Gasteiger partial charge in [-0.3, -0.25) is 4.79 Å². The number of anilines is 1. The van der Waals surface area contributed by atoms with E-state index in [1.807, 2.05) is 39.0 Å². The van der Waals surface area contributed by atoms with Crippen LogP contribution in [0.2, 0.25) is 0 Å². The molecule has 1 aliphatic heterocycles. The molecule has 5 nitrogen and oxygen atoms in total. The molecule has 1 aromatic heterocycles. The summed E-state index contributed by atoms with van der Waals surface area (Å²) in [5.41, 5.74) is -0.339. The number of rotatable bonds is 3. The third-order valence-corrected chi connectivity index (χ3v) is 3.14. The lowest BCUT2D eigenvalue weighted by atomic mass is 9.94. The molecule has 1 saturated heterocycles. The zero-order valence-electron chi connectivity index (χ0n) is 11.9. The van der Waals surface area contributed by atoms with Crippen LogP contribution in [0.5, 0.6) is 5.88 Å². The summed E-state index contributed by atoms with van der Waals surface area (Å²) in [6.07, 6.45) is 0. The summed E-state index contributed by atoms with van der Waals surface area (Å²) < 4.78 is 5.10. The largest absolute Gasteiger partial charge is 0.481 e. The molecular weight excluding hydrogens is 242 g/mol. The number of aromatic nitrogens is 1. The van der Waals surface area contributed by atoms with Crippen molar-refractivity contribution in [2.24, 2.45) is 5.41 Å². The second-order valence-electron chi connectivity index (χ2n) is 5.86. The summed E-state index contributed by atoms with van der Waals surface area (Å²) in [4.78, 5) is 18.3. The van der Waals surface area contributed by atoms with Gasteiger partial charge >= 0.3 is 0 Å². The Morgan fingerprint density at radius 2 is 2.11 bits per heavy atom. The van der Waals surface area contributed by atoms with Crippen LogP contribution in [0.25, 0.3) is 0 Å². The Hall–Kier alpha value is -1.78. The molecule has 0 radical (unpaired) electrons. The maximum atomic E-state index is 11.8. The number of carbonyl (C=O) groups is 1. The fourth-order valence-corrected chi connectivity index (χ4v) is 1.85. The Bertz CT molecular complexity index is 462. The smallest absolute Gasteiger partial charge is 0.225 e. The number of nitrogens with zero attached hydrogens (tertiary/aromatic N) is 2. The Labute approximate surface area is 114 Å². The van der Waals surface area contributed by atoms with Crippen LogP contribution in [0.1, 0.15) is 20.8 Å². The van der Waals surface area contributed by atoms with Crippen LogP contribution >= 0.6 is 0 Å². The number of pyridine rings is 1. The first-order valence-corrected chi connectivity index (χ1v) is 6.47. The monoisotopic (exact) mass is 263 g/mol. The molecule has 1 N–H and O–H groups in total. The number of hydrogen-bond acceptors (Lipinski definition) is 4. The van der Waals surface area contributed by atoms with E-state index < -0.39 is 0 Å². The van der Waals surface area contributed by atoms with Crippen molar-refractivity contribution in [1.82, 2.24) is 10.3 Å². The molecule has 1 aromatic rings. The van der Waals surface area contributed by atoms with Crippen molar-refractivity contribution in [2.75, 3.05) is 25.1 Å². The fraction of sp³-hybridized carbons (Fsp3) is 0.571. The predicted octanol–water partition coefficient (Wildman–Crippen LogP) is 1.44. The maximum Gasteiger partial charge on any atom is 0.225 e. The molecule has 1 amide bonds. The molecular formula is C14H21N3O2. The molecule has 2 heterocycles. The van der Waals surface area contributed by atoms with Gasteiger partial charge in [0.2, 0.25) is 11.8 Å². The maximum absolute atomic E-state index is 11.8. The van der Waals surface area contributed by atoms with Crippen molar-refractivity contribution in [2.45, 2.75) is 26.8 Å². The zero-order chi connectivity index (χ0) is 14.0. The van der Waals surface area contributed by atoms with E-state index in [9.17, 15) is 4.79 Å². The summed E-state index contributed by atoms with van der Waals surface area (Å²) in [7, 11) is 1.61. The minimum atomic E-state index is -0.339. The average Bonchev–Trinajstić information content (AvgIpc) is 2.31. The second kappa shape index (κ2) is 5.07. The second-order valence-corrected chi connectivity index (χ2v) is 5.86. The lowest BCUT2D eigenvalue weighted by molar-refractivity contribution is -0.129.